The third-order valence-electron chi connectivity index (χ3n) is 3.25. The van der Waals surface area contributed by atoms with Crippen molar-refractivity contribution in [2.24, 2.45) is 0 Å². The van der Waals surface area contributed by atoms with Crippen LogP contribution in [0.5, 0.6) is 11.5 Å². The molecular weight excluding hydrogens is 276 g/mol. The Hall–Kier alpha value is -1.40. The summed E-state index contributed by atoms with van der Waals surface area (Å²) >= 11 is 1.80. The lowest BCUT2D eigenvalue weighted by molar-refractivity contribution is -0.117. The molecule has 0 radical (unpaired) electrons. The number of benzene rings is 1. The summed E-state index contributed by atoms with van der Waals surface area (Å²) in [6.45, 7) is 2.19. The van der Waals surface area contributed by atoms with Crippen molar-refractivity contribution in [1.29, 1.82) is 0 Å². The van der Waals surface area contributed by atoms with Gasteiger partial charge in [0.05, 0.1) is 19.3 Å². The maximum Gasteiger partial charge on any atom is 0.242 e. The van der Waals surface area contributed by atoms with Gasteiger partial charge in [0, 0.05) is 36.2 Å². The molecule has 1 fully saturated rings. The fourth-order valence-corrected chi connectivity index (χ4v) is 3.14. The smallest absolute Gasteiger partial charge is 0.242 e. The maximum atomic E-state index is 12.1. The van der Waals surface area contributed by atoms with E-state index in [0.717, 1.165) is 35.9 Å². The highest BCUT2D eigenvalue weighted by atomic mass is 32.2. The first kappa shape index (κ1) is 13.6. The summed E-state index contributed by atoms with van der Waals surface area (Å²) in [6, 6.07) is 5.40. The largest absolute Gasteiger partial charge is 0.490 e. The van der Waals surface area contributed by atoms with Gasteiger partial charge in [0.25, 0.3) is 0 Å². The van der Waals surface area contributed by atoms with Crippen LogP contribution in [0.2, 0.25) is 0 Å². The van der Waals surface area contributed by atoms with Crippen LogP contribution in [-0.2, 0) is 4.79 Å². The van der Waals surface area contributed by atoms with Gasteiger partial charge in [0.15, 0.2) is 11.5 Å². The van der Waals surface area contributed by atoms with Crippen molar-refractivity contribution in [2.75, 3.05) is 36.6 Å². The van der Waals surface area contributed by atoms with Crippen LogP contribution in [0, 0.1) is 0 Å². The number of ether oxygens (including phenoxy) is 2. The Labute approximate surface area is 122 Å². The lowest BCUT2D eigenvalue weighted by Gasteiger charge is -2.22. The van der Waals surface area contributed by atoms with Crippen molar-refractivity contribution < 1.29 is 14.3 Å². The predicted molar refractivity (Wildman–Crippen MR) is 79.8 cm³/mol. The van der Waals surface area contributed by atoms with Crippen LogP contribution >= 0.6 is 11.8 Å². The molecule has 2 aliphatic rings. The molecule has 108 valence electrons. The number of carbonyl (C=O) groups excluding carboxylic acids is 1. The van der Waals surface area contributed by atoms with E-state index in [0.29, 0.717) is 19.0 Å². The van der Waals surface area contributed by atoms with Crippen molar-refractivity contribution in [3.8, 4) is 11.5 Å². The molecule has 0 bridgehead atoms. The van der Waals surface area contributed by atoms with Crippen molar-refractivity contribution in [2.45, 2.75) is 12.5 Å². The van der Waals surface area contributed by atoms with Crippen LogP contribution in [0.15, 0.2) is 18.2 Å². The normalized spacial score (nSPS) is 21.9. The van der Waals surface area contributed by atoms with E-state index in [-0.39, 0.29) is 11.9 Å². The Bertz CT molecular complexity index is 489. The average molecular weight is 294 g/mol. The van der Waals surface area contributed by atoms with Gasteiger partial charge < -0.3 is 20.1 Å². The first-order valence-corrected chi connectivity index (χ1v) is 8.00. The average Bonchev–Trinajstić information content (AvgIpc) is 2.73. The van der Waals surface area contributed by atoms with Gasteiger partial charge in [-0.25, -0.2) is 0 Å². The van der Waals surface area contributed by atoms with Gasteiger partial charge >= 0.3 is 0 Å². The molecule has 1 aromatic carbocycles. The Morgan fingerprint density at radius 1 is 1.30 bits per heavy atom. The summed E-state index contributed by atoms with van der Waals surface area (Å²) < 4.78 is 11.2. The lowest BCUT2D eigenvalue weighted by Crippen LogP contribution is -2.46. The molecule has 0 spiro atoms. The fourth-order valence-electron chi connectivity index (χ4n) is 2.20. The Morgan fingerprint density at radius 3 is 2.95 bits per heavy atom. The molecule has 1 atom stereocenters. The molecular formula is C14H18N2O3S. The minimum absolute atomic E-state index is 0.00619. The van der Waals surface area contributed by atoms with Gasteiger partial charge in [0.2, 0.25) is 5.91 Å². The van der Waals surface area contributed by atoms with Crippen LogP contribution < -0.4 is 20.1 Å². The van der Waals surface area contributed by atoms with E-state index in [2.05, 4.69) is 10.6 Å². The van der Waals surface area contributed by atoms with Crippen molar-refractivity contribution in [3.05, 3.63) is 18.2 Å². The number of rotatable bonds is 2. The molecule has 3 rings (SSSR count). The second kappa shape index (κ2) is 6.37. The molecule has 0 aromatic heterocycles. The highest BCUT2D eigenvalue weighted by Gasteiger charge is 2.21. The third kappa shape index (κ3) is 3.19. The van der Waals surface area contributed by atoms with Crippen LogP contribution in [0.3, 0.4) is 0 Å². The van der Waals surface area contributed by atoms with E-state index in [4.69, 9.17) is 9.47 Å². The number of amides is 1. The summed E-state index contributed by atoms with van der Waals surface area (Å²) in [5.41, 5.74) is 0.747. The summed E-state index contributed by atoms with van der Waals surface area (Å²) in [5, 5.41) is 6.15. The minimum Gasteiger partial charge on any atom is -0.490 e. The Morgan fingerprint density at radius 2 is 2.15 bits per heavy atom. The van der Waals surface area contributed by atoms with E-state index in [1.165, 1.54) is 0 Å². The Kier molecular flexibility index (Phi) is 4.32. The quantitative estimate of drug-likeness (QED) is 0.865. The van der Waals surface area contributed by atoms with Crippen molar-refractivity contribution >= 4 is 23.4 Å². The van der Waals surface area contributed by atoms with Crippen LogP contribution in [0.1, 0.15) is 6.42 Å². The first-order chi connectivity index (χ1) is 9.83. The first-order valence-electron chi connectivity index (χ1n) is 6.84. The molecule has 1 aromatic rings. The molecule has 5 nitrogen and oxygen atoms in total. The van der Waals surface area contributed by atoms with Crippen LogP contribution in [0.4, 0.5) is 5.69 Å². The van der Waals surface area contributed by atoms with Gasteiger partial charge in [-0.1, -0.05) is 0 Å². The minimum atomic E-state index is -0.121. The predicted octanol–water partition coefficient (Wildman–Crippen LogP) is 1.49. The molecule has 1 amide bonds. The highest BCUT2D eigenvalue weighted by molar-refractivity contribution is 7.99. The standard InChI is InChI=1S/C14H18N2O3S/c17-14(11-9-20-7-4-15-11)16-10-2-3-12-13(8-10)19-6-1-5-18-12/h2-3,8,11,15H,1,4-7,9H2,(H,16,17). The highest BCUT2D eigenvalue weighted by Crippen LogP contribution is 2.32. The maximum absolute atomic E-state index is 12.1. The molecule has 1 unspecified atom stereocenters. The third-order valence-corrected chi connectivity index (χ3v) is 4.32. The SMILES string of the molecule is O=C(Nc1ccc2c(c1)OCCCO2)C1CSCCN1. The second-order valence-electron chi connectivity index (χ2n) is 4.78. The molecule has 0 saturated carbocycles. The van der Waals surface area contributed by atoms with Gasteiger partial charge in [0.1, 0.15) is 0 Å². The molecule has 2 N–H and O–H groups in total. The second-order valence-corrected chi connectivity index (χ2v) is 5.93. The number of thioether (sulfide) groups is 1. The monoisotopic (exact) mass is 294 g/mol. The number of hydrogen-bond acceptors (Lipinski definition) is 5. The van der Waals surface area contributed by atoms with E-state index in [1.807, 2.05) is 18.2 Å². The Balaban J connectivity index is 1.68. The van der Waals surface area contributed by atoms with Crippen molar-refractivity contribution in [1.82, 2.24) is 5.32 Å². The fraction of sp³-hybridized carbons (Fsp3) is 0.500. The number of anilines is 1. The summed E-state index contributed by atoms with van der Waals surface area (Å²) in [5.74, 6) is 3.33. The lowest BCUT2D eigenvalue weighted by atomic mass is 10.2. The van der Waals surface area contributed by atoms with E-state index in [1.54, 1.807) is 11.8 Å². The summed E-state index contributed by atoms with van der Waals surface area (Å²) in [6.07, 6.45) is 0.875. The molecule has 1 saturated heterocycles. The number of hydrogen-bond donors (Lipinski definition) is 2. The summed E-state index contributed by atoms with van der Waals surface area (Å²) in [4.78, 5) is 12.1. The molecule has 20 heavy (non-hydrogen) atoms. The van der Waals surface area contributed by atoms with Crippen LogP contribution in [0.25, 0.3) is 0 Å². The molecule has 2 heterocycles. The van der Waals surface area contributed by atoms with E-state index in [9.17, 15) is 4.79 Å². The zero-order chi connectivity index (χ0) is 13.8. The van der Waals surface area contributed by atoms with Gasteiger partial charge in [-0.3, -0.25) is 4.79 Å². The topological polar surface area (TPSA) is 59.6 Å². The van der Waals surface area contributed by atoms with Gasteiger partial charge in [-0.15, -0.1) is 0 Å². The van der Waals surface area contributed by atoms with Gasteiger partial charge in [-0.2, -0.15) is 11.8 Å². The van der Waals surface area contributed by atoms with Crippen LogP contribution in [-0.4, -0.2) is 43.2 Å². The summed E-state index contributed by atoms with van der Waals surface area (Å²) in [7, 11) is 0. The zero-order valence-electron chi connectivity index (χ0n) is 11.2. The van der Waals surface area contributed by atoms with E-state index >= 15 is 0 Å². The molecule has 2 aliphatic heterocycles. The van der Waals surface area contributed by atoms with E-state index < -0.39 is 0 Å². The number of nitrogens with one attached hydrogen (secondary N) is 2. The molecule has 0 aliphatic carbocycles. The molecule has 6 heteroatoms. The van der Waals surface area contributed by atoms with Gasteiger partial charge in [-0.05, 0) is 12.1 Å². The number of fused-ring (bicyclic) bond motifs is 1. The number of carbonyl (C=O) groups is 1. The zero-order valence-corrected chi connectivity index (χ0v) is 12.0. The van der Waals surface area contributed by atoms with Crippen molar-refractivity contribution in [3.63, 3.8) is 0 Å².